The molecule has 2 aliphatic heterocycles. The van der Waals surface area contributed by atoms with Crippen LogP contribution in [0.25, 0.3) is 10.9 Å². The van der Waals surface area contributed by atoms with Crippen LogP contribution in [0.15, 0.2) is 42.6 Å². The van der Waals surface area contributed by atoms with Crippen molar-refractivity contribution in [3.05, 3.63) is 59.5 Å². The van der Waals surface area contributed by atoms with Crippen LogP contribution in [-0.2, 0) is 13.0 Å². The molecule has 2 aromatic carbocycles. The van der Waals surface area contributed by atoms with E-state index in [-0.39, 0.29) is 24.3 Å². The normalized spacial score (nSPS) is 19.9. The number of likely N-dealkylation sites (tertiary alicyclic amines) is 1. The summed E-state index contributed by atoms with van der Waals surface area (Å²) in [6.07, 6.45) is 2.15. The molecule has 0 radical (unpaired) electrons. The number of nitrogens with zero attached hydrogens (tertiary/aromatic N) is 2. The molecule has 0 spiro atoms. The molecule has 2 aliphatic rings. The number of ether oxygens (including phenoxy) is 3. The number of aromatic nitrogens is 1. The number of methoxy groups -OCH3 is 1. The number of aliphatic hydroxyl groups is 1. The maximum atomic E-state index is 14.6. The SMILES string of the molecule is COc1ccc2ncc(F)c(CCN3CC[C@@H](NCc4ccc5c(c4)OCCO5)[C@H](O)C3)c2c1.Cl. The van der Waals surface area contributed by atoms with Gasteiger partial charge in [-0.15, -0.1) is 12.4 Å². The first-order valence-corrected chi connectivity index (χ1v) is 11.7. The average molecular weight is 504 g/mol. The highest BCUT2D eigenvalue weighted by Gasteiger charge is 2.27. The summed E-state index contributed by atoms with van der Waals surface area (Å²) in [6.45, 7) is 3.84. The number of pyridine rings is 1. The summed E-state index contributed by atoms with van der Waals surface area (Å²) in [4.78, 5) is 6.39. The van der Waals surface area contributed by atoms with Crippen molar-refractivity contribution in [2.45, 2.75) is 31.5 Å². The highest BCUT2D eigenvalue weighted by Crippen LogP contribution is 2.31. The van der Waals surface area contributed by atoms with Crippen molar-refractivity contribution in [1.82, 2.24) is 15.2 Å². The van der Waals surface area contributed by atoms with E-state index in [0.29, 0.717) is 50.6 Å². The van der Waals surface area contributed by atoms with Gasteiger partial charge in [-0.3, -0.25) is 4.98 Å². The van der Waals surface area contributed by atoms with Crippen molar-refractivity contribution in [2.75, 3.05) is 40.0 Å². The second kappa shape index (κ2) is 11.4. The molecule has 0 saturated carbocycles. The Bertz CT molecular complexity index is 1160. The van der Waals surface area contributed by atoms with Gasteiger partial charge in [-0.1, -0.05) is 6.07 Å². The Kier molecular flexibility index (Phi) is 8.28. The van der Waals surface area contributed by atoms with Crippen LogP contribution in [0.2, 0.25) is 0 Å². The van der Waals surface area contributed by atoms with Crippen LogP contribution < -0.4 is 19.5 Å². The van der Waals surface area contributed by atoms with Crippen molar-refractivity contribution < 1.29 is 23.7 Å². The first-order chi connectivity index (χ1) is 16.6. The van der Waals surface area contributed by atoms with Crippen molar-refractivity contribution in [3.8, 4) is 17.2 Å². The third-order valence-electron chi connectivity index (χ3n) is 6.65. The molecule has 3 heterocycles. The van der Waals surface area contributed by atoms with Crippen LogP contribution in [-0.4, -0.2) is 67.1 Å². The smallest absolute Gasteiger partial charge is 0.161 e. The molecule has 2 N–H and O–H groups in total. The van der Waals surface area contributed by atoms with Gasteiger partial charge in [-0.2, -0.15) is 0 Å². The van der Waals surface area contributed by atoms with E-state index in [2.05, 4.69) is 15.2 Å². The quantitative estimate of drug-likeness (QED) is 0.512. The molecule has 2 atom stereocenters. The summed E-state index contributed by atoms with van der Waals surface area (Å²) < 4.78 is 31.2. The molecule has 188 valence electrons. The molecule has 1 fully saturated rings. The molecule has 0 bridgehead atoms. The third-order valence-corrected chi connectivity index (χ3v) is 6.65. The van der Waals surface area contributed by atoms with Crippen LogP contribution in [0.1, 0.15) is 17.5 Å². The van der Waals surface area contributed by atoms with Gasteiger partial charge in [0.15, 0.2) is 11.5 Å². The lowest BCUT2D eigenvalue weighted by Gasteiger charge is -2.36. The fourth-order valence-electron chi connectivity index (χ4n) is 4.74. The van der Waals surface area contributed by atoms with Gasteiger partial charge in [0.1, 0.15) is 24.8 Å². The zero-order valence-corrected chi connectivity index (χ0v) is 20.5. The predicted molar refractivity (Wildman–Crippen MR) is 134 cm³/mol. The number of nitrogens with one attached hydrogen (secondary N) is 1. The molecule has 7 nitrogen and oxygen atoms in total. The second-order valence-corrected chi connectivity index (χ2v) is 8.84. The van der Waals surface area contributed by atoms with Crippen molar-refractivity contribution in [3.63, 3.8) is 0 Å². The third kappa shape index (κ3) is 5.78. The van der Waals surface area contributed by atoms with Crippen molar-refractivity contribution in [1.29, 1.82) is 0 Å². The van der Waals surface area contributed by atoms with Crippen LogP contribution in [0.5, 0.6) is 17.2 Å². The van der Waals surface area contributed by atoms with Gasteiger partial charge >= 0.3 is 0 Å². The molecule has 0 aliphatic carbocycles. The zero-order chi connectivity index (χ0) is 23.5. The monoisotopic (exact) mass is 503 g/mol. The number of fused-ring (bicyclic) bond motifs is 2. The summed E-state index contributed by atoms with van der Waals surface area (Å²) in [7, 11) is 1.60. The Morgan fingerprint density at radius 3 is 2.80 bits per heavy atom. The van der Waals surface area contributed by atoms with E-state index < -0.39 is 6.10 Å². The van der Waals surface area contributed by atoms with Gasteiger partial charge < -0.3 is 29.5 Å². The number of rotatable bonds is 7. The lowest BCUT2D eigenvalue weighted by molar-refractivity contribution is 0.0404. The highest BCUT2D eigenvalue weighted by atomic mass is 35.5. The molecule has 3 aromatic rings. The Morgan fingerprint density at radius 1 is 1.17 bits per heavy atom. The molecule has 0 amide bonds. The number of piperidine rings is 1. The van der Waals surface area contributed by atoms with Gasteiger partial charge in [0.25, 0.3) is 0 Å². The number of hydrogen-bond acceptors (Lipinski definition) is 7. The summed E-state index contributed by atoms with van der Waals surface area (Å²) in [5.41, 5.74) is 2.48. The first-order valence-electron chi connectivity index (χ1n) is 11.7. The number of halogens is 2. The lowest BCUT2D eigenvalue weighted by atomic mass is 10.00. The minimum Gasteiger partial charge on any atom is -0.497 e. The summed E-state index contributed by atoms with van der Waals surface area (Å²) in [6, 6.07) is 11.5. The number of β-amino-alcohol motifs (C(OH)–C–C–N with tert-alkyl or cyclic N) is 1. The molecule has 5 rings (SSSR count). The Balaban J connectivity index is 0.00000289. The average Bonchev–Trinajstić information content (AvgIpc) is 2.87. The van der Waals surface area contributed by atoms with Crippen molar-refractivity contribution >= 4 is 23.3 Å². The minimum atomic E-state index is -0.495. The van der Waals surface area contributed by atoms with Gasteiger partial charge in [0, 0.05) is 36.6 Å². The highest BCUT2D eigenvalue weighted by molar-refractivity contribution is 5.85. The Hall–Kier alpha value is -2.65. The predicted octanol–water partition coefficient (Wildman–Crippen LogP) is 3.34. The molecule has 9 heteroatoms. The number of benzene rings is 2. The molecule has 0 unspecified atom stereocenters. The van der Waals surface area contributed by atoms with E-state index in [9.17, 15) is 9.50 Å². The van der Waals surface area contributed by atoms with Gasteiger partial charge in [-0.25, -0.2) is 4.39 Å². The van der Waals surface area contributed by atoms with E-state index in [4.69, 9.17) is 14.2 Å². The van der Waals surface area contributed by atoms with Crippen LogP contribution in [0.3, 0.4) is 0 Å². The molecule has 1 aromatic heterocycles. The van der Waals surface area contributed by atoms with E-state index in [1.165, 1.54) is 6.20 Å². The fraction of sp³-hybridized carbons (Fsp3) is 0.423. The van der Waals surface area contributed by atoms with E-state index >= 15 is 0 Å². The lowest BCUT2D eigenvalue weighted by Crippen LogP contribution is -2.52. The summed E-state index contributed by atoms with van der Waals surface area (Å²) in [5, 5.41) is 15.0. The van der Waals surface area contributed by atoms with Crippen molar-refractivity contribution in [2.24, 2.45) is 0 Å². The van der Waals surface area contributed by atoms with Gasteiger partial charge in [0.2, 0.25) is 0 Å². The molecular formula is C26H31ClFN3O4. The Labute approximate surface area is 210 Å². The first kappa shape index (κ1) is 25.4. The van der Waals surface area contributed by atoms with Crippen LogP contribution in [0, 0.1) is 5.82 Å². The van der Waals surface area contributed by atoms with Gasteiger partial charge in [0.05, 0.1) is 24.9 Å². The zero-order valence-electron chi connectivity index (χ0n) is 19.7. The standard InChI is InChI=1S/C26H30FN3O4.ClH/c1-32-18-3-4-22-20(13-18)19(21(27)15-29-22)6-8-30-9-7-23(24(31)16-30)28-14-17-2-5-25-26(12-17)34-11-10-33-25;/h2-5,12-13,15,23-24,28,31H,6-11,14,16H2,1H3;1H/t23-,24-;/m1./s1. The topological polar surface area (TPSA) is 76.1 Å². The molecule has 1 saturated heterocycles. The number of aliphatic hydroxyl groups excluding tert-OH is 1. The van der Waals surface area contributed by atoms with E-state index in [0.717, 1.165) is 40.9 Å². The van der Waals surface area contributed by atoms with E-state index in [1.54, 1.807) is 7.11 Å². The summed E-state index contributed by atoms with van der Waals surface area (Å²) >= 11 is 0. The number of hydrogen-bond donors (Lipinski definition) is 2. The summed E-state index contributed by atoms with van der Waals surface area (Å²) in [5.74, 6) is 1.92. The Morgan fingerprint density at radius 2 is 2.00 bits per heavy atom. The fourth-order valence-corrected chi connectivity index (χ4v) is 4.74. The maximum absolute atomic E-state index is 14.6. The van der Waals surface area contributed by atoms with Crippen LogP contribution >= 0.6 is 12.4 Å². The molecular weight excluding hydrogens is 473 g/mol. The maximum Gasteiger partial charge on any atom is 0.161 e. The van der Waals surface area contributed by atoms with E-state index in [1.807, 2.05) is 36.4 Å². The largest absolute Gasteiger partial charge is 0.497 e. The van der Waals surface area contributed by atoms with Gasteiger partial charge in [-0.05, 0) is 55.3 Å². The van der Waals surface area contributed by atoms with Crippen LogP contribution in [0.4, 0.5) is 4.39 Å². The second-order valence-electron chi connectivity index (χ2n) is 8.84. The minimum absolute atomic E-state index is 0. The molecule has 35 heavy (non-hydrogen) atoms.